The van der Waals surface area contributed by atoms with E-state index >= 15 is 0 Å². The highest BCUT2D eigenvalue weighted by Crippen LogP contribution is 2.37. The zero-order valence-electron chi connectivity index (χ0n) is 11.2. The Balaban J connectivity index is 2.10. The summed E-state index contributed by atoms with van der Waals surface area (Å²) in [5, 5.41) is 8.86. The van der Waals surface area contributed by atoms with Gasteiger partial charge in [0.05, 0.1) is 6.54 Å². The molecule has 1 atom stereocenters. The highest BCUT2D eigenvalue weighted by Gasteiger charge is 2.52. The fourth-order valence-electron chi connectivity index (χ4n) is 3.05. The molecule has 1 aliphatic carbocycles. The maximum atomic E-state index is 14.0. The van der Waals surface area contributed by atoms with Crippen LogP contribution in [0.1, 0.15) is 39.0 Å². The smallest absolute Gasteiger partial charge is 0.343 e. The number of nitrogens with zero attached hydrogens (tertiary/aromatic N) is 1. The van der Waals surface area contributed by atoms with Crippen LogP contribution in [0.4, 0.5) is 4.39 Å². The van der Waals surface area contributed by atoms with Crippen molar-refractivity contribution in [1.29, 1.82) is 0 Å². The van der Waals surface area contributed by atoms with Crippen molar-refractivity contribution in [2.24, 2.45) is 0 Å². The lowest BCUT2D eigenvalue weighted by Crippen LogP contribution is -2.50. The number of halogens is 1. The Morgan fingerprint density at radius 1 is 1.32 bits per heavy atom. The fourth-order valence-corrected chi connectivity index (χ4v) is 3.05. The zero-order chi connectivity index (χ0) is 14.1. The lowest BCUT2D eigenvalue weighted by Gasteiger charge is -2.32. The van der Waals surface area contributed by atoms with Crippen LogP contribution in [0.3, 0.4) is 0 Å². The molecule has 1 aliphatic heterocycles. The van der Waals surface area contributed by atoms with Gasteiger partial charge in [-0.25, -0.2) is 9.18 Å². The number of amides is 1. The number of hydrogen-bond acceptors (Lipinski definition) is 3. The Bertz CT molecular complexity index is 381. The minimum Gasteiger partial charge on any atom is -0.479 e. The summed E-state index contributed by atoms with van der Waals surface area (Å²) in [6.07, 6.45) is 2.97. The first-order valence-electron chi connectivity index (χ1n) is 6.79. The van der Waals surface area contributed by atoms with E-state index in [0.29, 0.717) is 19.4 Å². The summed E-state index contributed by atoms with van der Waals surface area (Å²) in [5.74, 6) is -1.73. The van der Waals surface area contributed by atoms with Gasteiger partial charge < -0.3 is 14.7 Å². The third-order valence-electron chi connectivity index (χ3n) is 4.11. The van der Waals surface area contributed by atoms with Crippen molar-refractivity contribution in [2.75, 3.05) is 19.7 Å². The second-order valence-corrected chi connectivity index (χ2v) is 5.38. The van der Waals surface area contributed by atoms with Gasteiger partial charge in [0.15, 0.2) is 0 Å². The number of carbonyl (C=O) groups is 2. The average molecular weight is 273 g/mol. The molecule has 0 aromatic rings. The molecule has 0 bridgehead atoms. The van der Waals surface area contributed by atoms with Crippen molar-refractivity contribution in [3.63, 3.8) is 0 Å². The van der Waals surface area contributed by atoms with E-state index in [2.05, 4.69) is 0 Å². The number of hydrogen-bond donors (Lipinski definition) is 1. The molecule has 2 fully saturated rings. The first kappa shape index (κ1) is 14.2. The molecule has 0 aromatic heterocycles. The highest BCUT2D eigenvalue weighted by molar-refractivity contribution is 5.88. The van der Waals surface area contributed by atoms with E-state index in [4.69, 9.17) is 9.84 Å². The molecule has 2 rings (SSSR count). The van der Waals surface area contributed by atoms with Crippen LogP contribution in [0.25, 0.3) is 0 Å². The summed E-state index contributed by atoms with van der Waals surface area (Å²) < 4.78 is 19.6. The van der Waals surface area contributed by atoms with Crippen molar-refractivity contribution in [3.05, 3.63) is 0 Å². The van der Waals surface area contributed by atoms with Crippen LogP contribution in [0, 0.1) is 0 Å². The maximum Gasteiger partial charge on any atom is 0.343 e. The Morgan fingerprint density at radius 2 is 1.95 bits per heavy atom. The van der Waals surface area contributed by atoms with Gasteiger partial charge in [0.25, 0.3) is 5.91 Å². The van der Waals surface area contributed by atoms with E-state index in [-0.39, 0.29) is 25.4 Å². The Kier molecular flexibility index (Phi) is 3.80. The highest BCUT2D eigenvalue weighted by atomic mass is 19.1. The second kappa shape index (κ2) is 5.07. The number of carboxylic acids is 1. The van der Waals surface area contributed by atoms with Crippen LogP contribution in [0.5, 0.6) is 0 Å². The molecule has 0 spiro atoms. The van der Waals surface area contributed by atoms with Gasteiger partial charge in [0, 0.05) is 19.6 Å². The molecule has 108 valence electrons. The topological polar surface area (TPSA) is 66.8 Å². The third-order valence-corrected chi connectivity index (χ3v) is 4.11. The van der Waals surface area contributed by atoms with Crippen molar-refractivity contribution in [1.82, 2.24) is 4.90 Å². The summed E-state index contributed by atoms with van der Waals surface area (Å²) in [5.41, 5.74) is -3.15. The molecule has 2 aliphatic rings. The first-order valence-corrected chi connectivity index (χ1v) is 6.79. The SMILES string of the molecule is CCOC1(C(=O)N2CCC(F)(C(=O)O)C2)CCCC1. The van der Waals surface area contributed by atoms with Crippen molar-refractivity contribution >= 4 is 11.9 Å². The van der Waals surface area contributed by atoms with E-state index in [9.17, 15) is 14.0 Å². The first-order chi connectivity index (χ1) is 8.93. The second-order valence-electron chi connectivity index (χ2n) is 5.38. The van der Waals surface area contributed by atoms with Crippen LogP contribution in [0.15, 0.2) is 0 Å². The molecule has 1 unspecified atom stereocenters. The minimum absolute atomic E-state index is 0.143. The summed E-state index contributed by atoms with van der Waals surface area (Å²) in [6, 6.07) is 0. The van der Waals surface area contributed by atoms with Crippen LogP contribution >= 0.6 is 0 Å². The van der Waals surface area contributed by atoms with E-state index in [1.54, 1.807) is 0 Å². The van der Waals surface area contributed by atoms with Gasteiger partial charge in [0.2, 0.25) is 5.67 Å². The third kappa shape index (κ3) is 2.45. The van der Waals surface area contributed by atoms with Gasteiger partial charge in [-0.1, -0.05) is 0 Å². The predicted octanol–water partition coefficient (Wildman–Crippen LogP) is 1.36. The summed E-state index contributed by atoms with van der Waals surface area (Å²) in [4.78, 5) is 24.7. The fraction of sp³-hybridized carbons (Fsp3) is 0.846. The van der Waals surface area contributed by atoms with Crippen LogP contribution in [-0.4, -0.2) is 52.8 Å². The van der Waals surface area contributed by atoms with Gasteiger partial charge in [0.1, 0.15) is 5.60 Å². The Labute approximate surface area is 111 Å². The molecule has 1 heterocycles. The van der Waals surface area contributed by atoms with Crippen molar-refractivity contribution in [2.45, 2.75) is 50.3 Å². The van der Waals surface area contributed by atoms with Gasteiger partial charge >= 0.3 is 5.97 Å². The van der Waals surface area contributed by atoms with Crippen LogP contribution in [0.2, 0.25) is 0 Å². The average Bonchev–Trinajstić information content (AvgIpc) is 2.97. The van der Waals surface area contributed by atoms with Gasteiger partial charge in [-0.2, -0.15) is 0 Å². The molecule has 1 N–H and O–H groups in total. The lowest BCUT2D eigenvalue weighted by molar-refractivity contribution is -0.158. The predicted molar refractivity (Wildman–Crippen MR) is 65.5 cm³/mol. The molecule has 1 saturated carbocycles. The molecule has 0 aromatic carbocycles. The van der Waals surface area contributed by atoms with Gasteiger partial charge in [-0.3, -0.25) is 4.79 Å². The van der Waals surface area contributed by atoms with Crippen LogP contribution < -0.4 is 0 Å². The maximum absolute atomic E-state index is 14.0. The van der Waals surface area contributed by atoms with E-state index in [1.165, 1.54) is 4.90 Å². The summed E-state index contributed by atoms with van der Waals surface area (Å²) in [6.45, 7) is 2.04. The minimum atomic E-state index is -2.30. The molecular weight excluding hydrogens is 253 g/mol. The number of rotatable bonds is 4. The number of carboxylic acid groups (broad SMARTS) is 1. The van der Waals surface area contributed by atoms with Crippen molar-refractivity contribution in [3.8, 4) is 0 Å². The molecular formula is C13H20FNO4. The van der Waals surface area contributed by atoms with Crippen molar-refractivity contribution < 1.29 is 23.8 Å². The normalized spacial score (nSPS) is 29.7. The molecule has 1 saturated heterocycles. The molecule has 0 radical (unpaired) electrons. The van der Waals surface area contributed by atoms with Gasteiger partial charge in [-0.15, -0.1) is 0 Å². The molecule has 6 heteroatoms. The summed E-state index contributed by atoms with van der Waals surface area (Å²) >= 11 is 0. The van der Waals surface area contributed by atoms with E-state index in [1.807, 2.05) is 6.92 Å². The number of likely N-dealkylation sites (tertiary alicyclic amines) is 1. The largest absolute Gasteiger partial charge is 0.479 e. The number of aliphatic carboxylic acids is 1. The number of ether oxygens (including phenoxy) is 1. The van der Waals surface area contributed by atoms with E-state index < -0.39 is 17.2 Å². The van der Waals surface area contributed by atoms with Gasteiger partial charge in [-0.05, 0) is 32.6 Å². The zero-order valence-corrected chi connectivity index (χ0v) is 11.2. The van der Waals surface area contributed by atoms with Crippen LogP contribution in [-0.2, 0) is 14.3 Å². The monoisotopic (exact) mass is 273 g/mol. The quantitative estimate of drug-likeness (QED) is 0.840. The molecule has 1 amide bonds. The number of alkyl halides is 1. The lowest BCUT2D eigenvalue weighted by atomic mass is 10.00. The molecule has 5 nitrogen and oxygen atoms in total. The molecule has 19 heavy (non-hydrogen) atoms. The summed E-state index contributed by atoms with van der Waals surface area (Å²) in [7, 11) is 0. The number of carbonyl (C=O) groups excluding carboxylic acids is 1. The van der Waals surface area contributed by atoms with E-state index in [0.717, 1.165) is 12.8 Å². The standard InChI is InChI=1S/C13H20FNO4/c1-2-19-13(5-3-4-6-13)10(16)15-8-7-12(14,9-15)11(17)18/h2-9H2,1H3,(H,17,18). The Morgan fingerprint density at radius 3 is 2.42 bits per heavy atom. The Hall–Kier alpha value is -1.17.